The molecule has 0 aromatic heterocycles. The number of fused-ring (bicyclic) bond motifs is 2. The number of hydrogen-bond acceptors (Lipinski definition) is 6. The van der Waals surface area contributed by atoms with Crippen LogP contribution in [0.15, 0.2) is 194 Å². The molecule has 8 aromatic rings. The molecule has 0 fully saturated rings. The van der Waals surface area contributed by atoms with E-state index in [-0.39, 0.29) is 17.2 Å². The van der Waals surface area contributed by atoms with Gasteiger partial charge in [-0.2, -0.15) is 0 Å². The van der Waals surface area contributed by atoms with Gasteiger partial charge < -0.3 is 9.47 Å². The van der Waals surface area contributed by atoms with Gasteiger partial charge in [-0.25, -0.2) is 9.80 Å². The van der Waals surface area contributed by atoms with Gasteiger partial charge in [-0.05, 0) is 145 Å². The van der Waals surface area contributed by atoms with Gasteiger partial charge in [-0.1, -0.05) is 98.2 Å². The van der Waals surface area contributed by atoms with E-state index in [9.17, 15) is 19.2 Å². The Morgan fingerprint density at radius 1 is 0.343 bits per heavy atom. The number of hydrogen-bond donors (Lipinski definition) is 0. The van der Waals surface area contributed by atoms with Crippen molar-refractivity contribution in [1.29, 1.82) is 0 Å². The van der Waals surface area contributed by atoms with Crippen molar-refractivity contribution in [3.63, 3.8) is 0 Å². The molecule has 0 bridgehead atoms. The second-order valence-electron chi connectivity index (χ2n) is 16.5. The zero-order valence-electron chi connectivity index (χ0n) is 36.3. The van der Waals surface area contributed by atoms with Gasteiger partial charge in [0.05, 0.1) is 33.6 Å². The Morgan fingerprint density at radius 2 is 0.657 bits per heavy atom. The smallest absolute Gasteiger partial charge is 0.266 e. The Bertz CT molecular complexity index is 3150. The van der Waals surface area contributed by atoms with Crippen molar-refractivity contribution in [2.24, 2.45) is 0 Å². The molecule has 0 N–H and O–H groups in total. The summed E-state index contributed by atoms with van der Waals surface area (Å²) in [5, 5.41) is 0. The van der Waals surface area contributed by atoms with E-state index in [1.165, 1.54) is 9.80 Å². The van der Waals surface area contributed by atoms with Crippen LogP contribution in [0.1, 0.15) is 88.7 Å². The topological polar surface area (TPSA) is 93.2 Å². The van der Waals surface area contributed by atoms with Crippen LogP contribution < -0.4 is 19.3 Å². The molecule has 67 heavy (non-hydrogen) atoms. The first-order valence-electron chi connectivity index (χ1n) is 21.6. The van der Waals surface area contributed by atoms with E-state index in [4.69, 9.17) is 9.47 Å². The maximum atomic E-state index is 13.5. The van der Waals surface area contributed by atoms with E-state index in [2.05, 4.69) is 37.5 Å². The number of benzene rings is 8. The predicted molar refractivity (Wildman–Crippen MR) is 258 cm³/mol. The van der Waals surface area contributed by atoms with Gasteiger partial charge in [0, 0.05) is 27.7 Å². The zero-order valence-corrected chi connectivity index (χ0v) is 36.3. The average Bonchev–Trinajstić information content (AvgIpc) is 3.76. The van der Waals surface area contributed by atoms with Crippen molar-refractivity contribution in [1.82, 2.24) is 0 Å². The van der Waals surface area contributed by atoms with Crippen LogP contribution >= 0.6 is 0 Å². The van der Waals surface area contributed by atoms with Crippen molar-refractivity contribution in [3.8, 4) is 46.7 Å². The summed E-state index contributed by atoms with van der Waals surface area (Å²) in [5.74, 6) is 13.2. The van der Waals surface area contributed by atoms with Gasteiger partial charge in [-0.3, -0.25) is 19.2 Å². The van der Waals surface area contributed by atoms with E-state index in [1.54, 1.807) is 84.9 Å². The van der Waals surface area contributed by atoms with Crippen LogP contribution in [0, 0.1) is 23.7 Å². The molecule has 0 atom stereocenters. The van der Waals surface area contributed by atoms with Gasteiger partial charge in [0.25, 0.3) is 23.6 Å². The van der Waals surface area contributed by atoms with Gasteiger partial charge in [-0.15, -0.1) is 0 Å². The fourth-order valence-electron chi connectivity index (χ4n) is 8.08. The standard InChI is InChI=1S/C59H38N2O6/c1-59(2,43-19-27-47(28-20-43)66-49-31-23-45(24-32-49)60-55(62)51-35-17-41(37-53(51)57(60)64)15-13-39-9-5-3-6-10-39)44-21-29-48(30-22-44)67-50-33-25-46(26-34-50)61-56(63)52-36-18-42(38-54(52)58(61)65)16-14-40-11-7-4-8-12-40/h3-12,17-38H,1-2H3. The summed E-state index contributed by atoms with van der Waals surface area (Å²) in [5.41, 5.74) is 7.04. The molecule has 0 saturated carbocycles. The molecule has 4 amide bonds. The second kappa shape index (κ2) is 17.4. The molecule has 0 unspecified atom stereocenters. The first-order valence-corrected chi connectivity index (χ1v) is 21.6. The van der Waals surface area contributed by atoms with E-state index in [1.807, 2.05) is 109 Å². The molecule has 8 heteroatoms. The highest BCUT2D eigenvalue weighted by Gasteiger charge is 2.38. The maximum Gasteiger partial charge on any atom is 0.266 e. The van der Waals surface area contributed by atoms with Crippen molar-refractivity contribution in [2.45, 2.75) is 19.3 Å². The summed E-state index contributed by atoms with van der Waals surface area (Å²) in [6.45, 7) is 4.29. The lowest BCUT2D eigenvalue weighted by molar-refractivity contribution is 0.0910. The van der Waals surface area contributed by atoms with Crippen LogP contribution in [0.4, 0.5) is 11.4 Å². The lowest BCUT2D eigenvalue weighted by atomic mass is 9.78. The minimum Gasteiger partial charge on any atom is -0.457 e. The second-order valence-corrected chi connectivity index (χ2v) is 16.5. The zero-order chi connectivity index (χ0) is 46.1. The summed E-state index contributed by atoms with van der Waals surface area (Å²) in [4.78, 5) is 55.9. The number of anilines is 2. The molecular formula is C59H38N2O6. The van der Waals surface area contributed by atoms with E-state index in [0.29, 0.717) is 67.8 Å². The summed E-state index contributed by atoms with van der Waals surface area (Å²) >= 11 is 0. The molecule has 0 radical (unpaired) electrons. The van der Waals surface area contributed by atoms with E-state index >= 15 is 0 Å². The molecule has 0 spiro atoms. The van der Waals surface area contributed by atoms with Gasteiger partial charge >= 0.3 is 0 Å². The van der Waals surface area contributed by atoms with Gasteiger partial charge in [0.2, 0.25) is 0 Å². The Hall–Kier alpha value is -9.24. The highest BCUT2D eigenvalue weighted by Crippen LogP contribution is 2.37. The predicted octanol–water partition coefficient (Wildman–Crippen LogP) is 12.0. The summed E-state index contributed by atoms with van der Waals surface area (Å²) < 4.78 is 12.3. The number of ether oxygens (including phenoxy) is 2. The quantitative estimate of drug-likeness (QED) is 0.112. The third-order valence-electron chi connectivity index (χ3n) is 11.8. The monoisotopic (exact) mass is 870 g/mol. The minimum absolute atomic E-state index is 0.325. The molecule has 8 aromatic carbocycles. The average molecular weight is 871 g/mol. The molecule has 8 nitrogen and oxygen atoms in total. The van der Waals surface area contributed by atoms with E-state index < -0.39 is 11.8 Å². The number of nitrogens with zero attached hydrogens (tertiary/aromatic N) is 2. The normalized spacial score (nSPS) is 12.7. The lowest BCUT2D eigenvalue weighted by Crippen LogP contribution is -2.29. The Labute approximate surface area is 387 Å². The van der Waals surface area contributed by atoms with Gasteiger partial charge in [0.15, 0.2) is 0 Å². The molecule has 0 saturated heterocycles. The van der Waals surface area contributed by atoms with Crippen LogP contribution in [0.2, 0.25) is 0 Å². The molecule has 0 aliphatic carbocycles. The van der Waals surface area contributed by atoms with Crippen molar-refractivity contribution in [3.05, 3.63) is 250 Å². The van der Waals surface area contributed by atoms with Crippen LogP contribution in [0.25, 0.3) is 0 Å². The Morgan fingerprint density at radius 3 is 1.01 bits per heavy atom. The SMILES string of the molecule is CC(C)(c1ccc(Oc2ccc(N3C(=O)c4ccc(C#Cc5ccccc5)cc4C3=O)cc2)cc1)c1ccc(Oc2ccc(N3C(=O)c4ccc(C#Cc5ccccc5)cc4C3=O)cc2)cc1. The first kappa shape index (κ1) is 41.8. The van der Waals surface area contributed by atoms with Crippen molar-refractivity contribution < 1.29 is 28.7 Å². The van der Waals surface area contributed by atoms with Crippen LogP contribution in [0.3, 0.4) is 0 Å². The minimum atomic E-state index is -0.396. The van der Waals surface area contributed by atoms with Crippen LogP contribution in [-0.2, 0) is 5.41 Å². The molecular weight excluding hydrogens is 833 g/mol. The largest absolute Gasteiger partial charge is 0.457 e. The summed E-state index contributed by atoms with van der Waals surface area (Å²) in [6.07, 6.45) is 0. The molecule has 2 aliphatic heterocycles. The van der Waals surface area contributed by atoms with E-state index in [0.717, 1.165) is 22.3 Å². The fraction of sp³-hybridized carbons (Fsp3) is 0.0508. The molecule has 2 heterocycles. The third kappa shape index (κ3) is 8.35. The highest BCUT2D eigenvalue weighted by molar-refractivity contribution is 6.35. The first-order chi connectivity index (χ1) is 32.6. The van der Waals surface area contributed by atoms with Crippen molar-refractivity contribution in [2.75, 3.05) is 9.80 Å². The number of amides is 4. The number of carbonyl (C=O) groups excluding carboxylic acids is 4. The molecule has 10 rings (SSSR count). The molecule has 2 aliphatic rings. The fourth-order valence-corrected chi connectivity index (χ4v) is 8.08. The maximum absolute atomic E-state index is 13.5. The number of rotatable bonds is 8. The number of carbonyl (C=O) groups is 4. The van der Waals surface area contributed by atoms with Crippen LogP contribution in [0.5, 0.6) is 23.0 Å². The third-order valence-corrected chi connectivity index (χ3v) is 11.8. The highest BCUT2D eigenvalue weighted by atomic mass is 16.5. The van der Waals surface area contributed by atoms with Crippen molar-refractivity contribution >= 4 is 35.0 Å². The number of imide groups is 2. The van der Waals surface area contributed by atoms with Crippen LogP contribution in [-0.4, -0.2) is 23.6 Å². The Kier molecular flexibility index (Phi) is 10.8. The summed E-state index contributed by atoms with van der Waals surface area (Å²) in [7, 11) is 0. The lowest BCUT2D eigenvalue weighted by Gasteiger charge is -2.26. The van der Waals surface area contributed by atoms with Gasteiger partial charge in [0.1, 0.15) is 23.0 Å². The summed E-state index contributed by atoms with van der Waals surface area (Å²) in [6, 6.07) is 58.8. The Balaban J connectivity index is 0.748. The molecule has 320 valence electrons.